The van der Waals surface area contributed by atoms with Crippen molar-refractivity contribution in [3.05, 3.63) is 18.3 Å². The lowest BCUT2D eigenvalue weighted by molar-refractivity contribution is -0.131. The molecule has 2 rings (SSSR count). The number of nitrogens with one attached hydrogen (secondary N) is 1. The third-order valence-corrected chi connectivity index (χ3v) is 2.58. The molecule has 0 aromatic carbocycles. The van der Waals surface area contributed by atoms with E-state index in [0.717, 1.165) is 6.42 Å². The summed E-state index contributed by atoms with van der Waals surface area (Å²) in [4.78, 5) is 28.4. The molecule has 0 saturated carbocycles. The molecule has 0 aliphatic carbocycles. The van der Waals surface area contributed by atoms with Crippen molar-refractivity contribution >= 4 is 35.7 Å². The summed E-state index contributed by atoms with van der Waals surface area (Å²) in [6, 6.07) is 3.28. The van der Waals surface area contributed by atoms with Gasteiger partial charge in [-0.2, -0.15) is 0 Å². The fraction of sp³-hybridized carbons (Fsp3) is 0.364. The number of rotatable bonds is 3. The lowest BCUT2D eigenvalue weighted by Gasteiger charge is -2.14. The van der Waals surface area contributed by atoms with E-state index < -0.39 is 0 Å². The van der Waals surface area contributed by atoms with E-state index >= 15 is 0 Å². The van der Waals surface area contributed by atoms with Gasteiger partial charge >= 0.3 is 0 Å². The molecule has 2 heterocycles. The number of nitrogens with two attached hydrogens (primary N) is 1. The molecule has 7 heteroatoms. The van der Waals surface area contributed by atoms with Gasteiger partial charge in [0.1, 0.15) is 5.82 Å². The fourth-order valence-electron chi connectivity index (χ4n) is 1.72. The van der Waals surface area contributed by atoms with Crippen molar-refractivity contribution in [3.63, 3.8) is 0 Å². The van der Waals surface area contributed by atoms with Gasteiger partial charge in [-0.15, -0.1) is 12.4 Å². The highest BCUT2D eigenvalue weighted by Gasteiger charge is 2.22. The summed E-state index contributed by atoms with van der Waals surface area (Å²) in [5.74, 6) is 0.222. The van der Waals surface area contributed by atoms with Crippen LogP contribution in [0.15, 0.2) is 18.3 Å². The molecule has 18 heavy (non-hydrogen) atoms. The van der Waals surface area contributed by atoms with Crippen LogP contribution in [0.5, 0.6) is 0 Å². The number of carbonyl (C=O) groups is 2. The molecule has 1 aliphatic rings. The minimum absolute atomic E-state index is 0. The van der Waals surface area contributed by atoms with Gasteiger partial charge in [0.2, 0.25) is 11.8 Å². The molecule has 0 unspecified atom stereocenters. The summed E-state index contributed by atoms with van der Waals surface area (Å²) in [7, 11) is 0. The van der Waals surface area contributed by atoms with E-state index in [-0.39, 0.29) is 30.8 Å². The van der Waals surface area contributed by atoms with Gasteiger partial charge in [0.15, 0.2) is 0 Å². The number of amides is 2. The van der Waals surface area contributed by atoms with Crippen LogP contribution in [0.2, 0.25) is 0 Å². The SMILES string of the molecule is Cl.Nc1ccc(NC(=O)CN2CCCC2=O)cn1. The standard InChI is InChI=1S/C11H14N4O2.ClH/c12-9-4-3-8(6-13-9)14-10(16)7-15-5-1-2-11(15)17;/h3-4,6H,1-2,5,7H2,(H2,12,13)(H,14,16);1H. The molecule has 6 nitrogen and oxygen atoms in total. The van der Waals surface area contributed by atoms with Crippen LogP contribution in [-0.2, 0) is 9.59 Å². The smallest absolute Gasteiger partial charge is 0.244 e. The van der Waals surface area contributed by atoms with Crippen LogP contribution in [-0.4, -0.2) is 34.8 Å². The predicted molar refractivity (Wildman–Crippen MR) is 70.3 cm³/mol. The van der Waals surface area contributed by atoms with Crippen molar-refractivity contribution in [3.8, 4) is 0 Å². The number of anilines is 2. The Bertz CT molecular complexity index is 435. The maximum atomic E-state index is 11.6. The van der Waals surface area contributed by atoms with Gasteiger partial charge in [0.05, 0.1) is 18.4 Å². The molecule has 1 fully saturated rings. The third-order valence-electron chi connectivity index (χ3n) is 2.58. The number of likely N-dealkylation sites (tertiary alicyclic amines) is 1. The molecule has 1 aromatic rings. The Balaban J connectivity index is 0.00000162. The highest BCUT2D eigenvalue weighted by Crippen LogP contribution is 2.10. The molecular weight excluding hydrogens is 256 g/mol. The molecule has 0 atom stereocenters. The van der Waals surface area contributed by atoms with Crippen LogP contribution in [0.25, 0.3) is 0 Å². The van der Waals surface area contributed by atoms with Gasteiger partial charge in [-0.3, -0.25) is 9.59 Å². The van der Waals surface area contributed by atoms with Crippen molar-refractivity contribution < 1.29 is 9.59 Å². The molecule has 98 valence electrons. The Labute approximate surface area is 111 Å². The van der Waals surface area contributed by atoms with E-state index in [2.05, 4.69) is 10.3 Å². The maximum absolute atomic E-state index is 11.6. The fourth-order valence-corrected chi connectivity index (χ4v) is 1.72. The van der Waals surface area contributed by atoms with E-state index in [4.69, 9.17) is 5.73 Å². The summed E-state index contributed by atoms with van der Waals surface area (Å²) < 4.78 is 0. The normalized spacial score (nSPS) is 14.2. The van der Waals surface area contributed by atoms with E-state index in [1.807, 2.05) is 0 Å². The Kier molecular flexibility index (Phi) is 4.91. The van der Waals surface area contributed by atoms with Crippen LogP contribution in [0.1, 0.15) is 12.8 Å². The molecule has 1 saturated heterocycles. The highest BCUT2D eigenvalue weighted by atomic mass is 35.5. The minimum Gasteiger partial charge on any atom is -0.384 e. The zero-order chi connectivity index (χ0) is 12.3. The van der Waals surface area contributed by atoms with E-state index in [1.165, 1.54) is 6.20 Å². The molecule has 0 bridgehead atoms. The summed E-state index contributed by atoms with van der Waals surface area (Å²) in [5, 5.41) is 2.67. The second-order valence-corrected chi connectivity index (χ2v) is 3.94. The number of nitrogens with zero attached hydrogens (tertiary/aromatic N) is 2. The molecular formula is C11H15ClN4O2. The van der Waals surface area contributed by atoms with Crippen molar-refractivity contribution in [2.24, 2.45) is 0 Å². The topological polar surface area (TPSA) is 88.3 Å². The molecule has 0 radical (unpaired) electrons. The zero-order valence-electron chi connectivity index (χ0n) is 9.76. The Hall–Kier alpha value is -1.82. The van der Waals surface area contributed by atoms with Crippen LogP contribution in [0.3, 0.4) is 0 Å². The molecule has 1 aromatic heterocycles. The van der Waals surface area contributed by atoms with E-state index in [9.17, 15) is 9.59 Å². The van der Waals surface area contributed by atoms with Gasteiger partial charge in [0, 0.05) is 13.0 Å². The second kappa shape index (κ2) is 6.20. The van der Waals surface area contributed by atoms with Crippen LogP contribution in [0.4, 0.5) is 11.5 Å². The van der Waals surface area contributed by atoms with Gasteiger partial charge in [-0.1, -0.05) is 0 Å². The van der Waals surface area contributed by atoms with Crippen molar-refractivity contribution in [2.75, 3.05) is 24.1 Å². The first kappa shape index (κ1) is 14.2. The number of carbonyl (C=O) groups excluding carboxylic acids is 2. The Morgan fingerprint density at radius 1 is 1.50 bits per heavy atom. The van der Waals surface area contributed by atoms with Gasteiger partial charge in [-0.25, -0.2) is 4.98 Å². The number of aromatic nitrogens is 1. The Morgan fingerprint density at radius 2 is 2.28 bits per heavy atom. The van der Waals surface area contributed by atoms with Crippen LogP contribution < -0.4 is 11.1 Å². The van der Waals surface area contributed by atoms with Gasteiger partial charge < -0.3 is 16.0 Å². The zero-order valence-corrected chi connectivity index (χ0v) is 10.6. The van der Waals surface area contributed by atoms with Crippen molar-refractivity contribution in [2.45, 2.75) is 12.8 Å². The number of pyridine rings is 1. The van der Waals surface area contributed by atoms with Crippen molar-refractivity contribution in [1.29, 1.82) is 0 Å². The average Bonchev–Trinajstić information content (AvgIpc) is 2.68. The number of halogens is 1. The lowest BCUT2D eigenvalue weighted by Crippen LogP contribution is -2.33. The largest absolute Gasteiger partial charge is 0.384 e. The maximum Gasteiger partial charge on any atom is 0.244 e. The van der Waals surface area contributed by atoms with Crippen LogP contribution >= 0.6 is 12.4 Å². The monoisotopic (exact) mass is 270 g/mol. The highest BCUT2D eigenvalue weighted by molar-refractivity contribution is 5.94. The second-order valence-electron chi connectivity index (χ2n) is 3.94. The lowest BCUT2D eigenvalue weighted by atomic mass is 10.4. The Morgan fingerprint density at radius 3 is 2.83 bits per heavy atom. The first-order valence-corrected chi connectivity index (χ1v) is 5.44. The third kappa shape index (κ3) is 3.59. The summed E-state index contributed by atoms with van der Waals surface area (Å²) in [5.41, 5.74) is 6.01. The summed E-state index contributed by atoms with van der Waals surface area (Å²) in [6.07, 6.45) is 2.85. The predicted octanol–water partition coefficient (Wildman–Crippen LogP) is 0.646. The van der Waals surface area contributed by atoms with Gasteiger partial charge in [-0.05, 0) is 18.6 Å². The summed E-state index contributed by atoms with van der Waals surface area (Å²) in [6.45, 7) is 0.759. The van der Waals surface area contributed by atoms with Crippen molar-refractivity contribution in [1.82, 2.24) is 9.88 Å². The van der Waals surface area contributed by atoms with Gasteiger partial charge in [0.25, 0.3) is 0 Å². The number of nitrogen functional groups attached to an aromatic ring is 1. The summed E-state index contributed by atoms with van der Waals surface area (Å²) >= 11 is 0. The van der Waals surface area contributed by atoms with E-state index in [0.29, 0.717) is 24.5 Å². The minimum atomic E-state index is -0.216. The number of hydrogen-bond donors (Lipinski definition) is 2. The first-order valence-electron chi connectivity index (χ1n) is 5.44. The molecule has 2 amide bonds. The first-order chi connectivity index (χ1) is 8.15. The molecule has 0 spiro atoms. The van der Waals surface area contributed by atoms with E-state index in [1.54, 1.807) is 17.0 Å². The average molecular weight is 271 g/mol. The number of hydrogen-bond acceptors (Lipinski definition) is 4. The molecule has 1 aliphatic heterocycles. The quantitative estimate of drug-likeness (QED) is 0.844. The molecule has 3 N–H and O–H groups in total. The van der Waals surface area contributed by atoms with Crippen LogP contribution in [0, 0.1) is 0 Å².